The summed E-state index contributed by atoms with van der Waals surface area (Å²) in [6.07, 6.45) is 1.59. The lowest BCUT2D eigenvalue weighted by Crippen LogP contribution is -2.45. The molecule has 0 amide bonds. The van der Waals surface area contributed by atoms with Gasteiger partial charge in [-0.15, -0.1) is 0 Å². The van der Waals surface area contributed by atoms with Gasteiger partial charge < -0.3 is 10.4 Å². The Morgan fingerprint density at radius 2 is 1.94 bits per heavy atom. The van der Waals surface area contributed by atoms with Gasteiger partial charge in [0.15, 0.2) is 0 Å². The van der Waals surface area contributed by atoms with Gasteiger partial charge in [-0.3, -0.25) is 4.68 Å². The highest BCUT2D eigenvalue weighted by Gasteiger charge is 2.32. The van der Waals surface area contributed by atoms with E-state index in [9.17, 15) is 5.11 Å². The fourth-order valence-electron chi connectivity index (χ4n) is 1.76. The maximum atomic E-state index is 10.6. The Labute approximate surface area is 114 Å². The SMILES string of the molecule is CC(C)n1ncc(Cl)c1C(C)(O)CNC(C)(C)C. The Bertz CT molecular complexity index is 405. The number of rotatable bonds is 4. The van der Waals surface area contributed by atoms with E-state index in [1.54, 1.807) is 17.8 Å². The summed E-state index contributed by atoms with van der Waals surface area (Å²) < 4.78 is 1.77. The summed E-state index contributed by atoms with van der Waals surface area (Å²) in [5.41, 5.74) is -0.444. The van der Waals surface area contributed by atoms with Crippen LogP contribution < -0.4 is 5.32 Å². The van der Waals surface area contributed by atoms with Crippen molar-refractivity contribution < 1.29 is 5.11 Å². The first-order valence-electron chi connectivity index (χ1n) is 6.25. The second kappa shape index (κ2) is 5.19. The fraction of sp³-hybridized carbons (Fsp3) is 0.769. The number of aromatic nitrogens is 2. The molecule has 1 rings (SSSR count). The fourth-order valence-corrected chi connectivity index (χ4v) is 2.09. The van der Waals surface area contributed by atoms with Crippen LogP contribution >= 0.6 is 11.6 Å². The van der Waals surface area contributed by atoms with E-state index in [1.807, 2.05) is 13.8 Å². The van der Waals surface area contributed by atoms with Crippen LogP contribution in [-0.4, -0.2) is 27.0 Å². The Morgan fingerprint density at radius 1 is 1.39 bits per heavy atom. The van der Waals surface area contributed by atoms with Gasteiger partial charge >= 0.3 is 0 Å². The molecule has 0 radical (unpaired) electrons. The van der Waals surface area contributed by atoms with Crippen molar-refractivity contribution in [3.05, 3.63) is 16.9 Å². The van der Waals surface area contributed by atoms with Gasteiger partial charge in [0.25, 0.3) is 0 Å². The molecule has 1 aromatic heterocycles. The number of aliphatic hydroxyl groups is 1. The molecular formula is C13H24ClN3O. The predicted octanol–water partition coefficient (Wildman–Crippen LogP) is 2.71. The summed E-state index contributed by atoms with van der Waals surface area (Å²) in [7, 11) is 0. The van der Waals surface area contributed by atoms with Crippen LogP contribution in [0, 0.1) is 0 Å². The largest absolute Gasteiger partial charge is 0.382 e. The maximum Gasteiger partial charge on any atom is 0.117 e. The second-order valence-corrected chi connectivity index (χ2v) is 6.66. The van der Waals surface area contributed by atoms with Crippen molar-refractivity contribution in [2.75, 3.05) is 6.54 Å². The van der Waals surface area contributed by atoms with E-state index in [-0.39, 0.29) is 11.6 Å². The van der Waals surface area contributed by atoms with Gasteiger partial charge in [-0.25, -0.2) is 0 Å². The average Bonchev–Trinajstić information content (AvgIpc) is 2.57. The quantitative estimate of drug-likeness (QED) is 0.887. The standard InChI is InChI=1S/C13H24ClN3O/c1-9(2)17-11(10(14)7-16-17)13(6,18)8-15-12(3,4)5/h7,9,15,18H,8H2,1-6H3. The maximum absolute atomic E-state index is 10.6. The third-order valence-corrected chi connectivity index (χ3v) is 2.99. The van der Waals surface area contributed by atoms with Crippen molar-refractivity contribution >= 4 is 11.6 Å². The van der Waals surface area contributed by atoms with Gasteiger partial charge in [-0.2, -0.15) is 5.10 Å². The van der Waals surface area contributed by atoms with Crippen LogP contribution in [0.2, 0.25) is 5.02 Å². The molecule has 0 aliphatic heterocycles. The minimum Gasteiger partial charge on any atom is -0.382 e. The number of nitrogens with zero attached hydrogens (tertiary/aromatic N) is 2. The molecule has 4 nitrogen and oxygen atoms in total. The molecule has 1 heterocycles. The minimum absolute atomic E-state index is 0.0564. The van der Waals surface area contributed by atoms with Crippen molar-refractivity contribution in [2.45, 2.75) is 58.7 Å². The molecule has 2 N–H and O–H groups in total. The third kappa shape index (κ3) is 3.70. The van der Waals surface area contributed by atoms with Crippen molar-refractivity contribution in [3.63, 3.8) is 0 Å². The Morgan fingerprint density at radius 3 is 2.39 bits per heavy atom. The molecule has 0 fully saturated rings. The molecule has 1 unspecified atom stereocenters. The highest BCUT2D eigenvalue weighted by molar-refractivity contribution is 6.31. The Balaban J connectivity index is 3.00. The Kier molecular flexibility index (Phi) is 4.47. The highest BCUT2D eigenvalue weighted by Crippen LogP contribution is 2.29. The molecule has 104 valence electrons. The molecule has 0 aliphatic rings. The second-order valence-electron chi connectivity index (χ2n) is 6.26. The predicted molar refractivity (Wildman–Crippen MR) is 74.9 cm³/mol. The van der Waals surface area contributed by atoms with Crippen LogP contribution in [0.15, 0.2) is 6.20 Å². The normalized spacial score (nSPS) is 16.1. The number of halogens is 1. The molecule has 1 aromatic rings. The summed E-state index contributed by atoms with van der Waals surface area (Å²) in [4.78, 5) is 0. The lowest BCUT2D eigenvalue weighted by Gasteiger charge is -2.31. The summed E-state index contributed by atoms with van der Waals surface area (Å²) in [6.45, 7) is 12.4. The topological polar surface area (TPSA) is 50.1 Å². The average molecular weight is 274 g/mol. The first kappa shape index (κ1) is 15.5. The van der Waals surface area contributed by atoms with Crippen molar-refractivity contribution in [2.24, 2.45) is 0 Å². The van der Waals surface area contributed by atoms with Crippen LogP contribution in [0.1, 0.15) is 53.3 Å². The van der Waals surface area contributed by atoms with Crippen LogP contribution in [0.4, 0.5) is 0 Å². The van der Waals surface area contributed by atoms with E-state index in [4.69, 9.17) is 11.6 Å². The molecule has 0 aliphatic carbocycles. The first-order valence-corrected chi connectivity index (χ1v) is 6.63. The van der Waals surface area contributed by atoms with Crippen molar-refractivity contribution in [1.82, 2.24) is 15.1 Å². The summed E-state index contributed by atoms with van der Waals surface area (Å²) in [5.74, 6) is 0. The monoisotopic (exact) mass is 273 g/mol. The summed E-state index contributed by atoms with van der Waals surface area (Å²) in [5, 5.41) is 18.7. The van der Waals surface area contributed by atoms with Crippen LogP contribution in [0.25, 0.3) is 0 Å². The number of hydrogen-bond acceptors (Lipinski definition) is 3. The number of nitrogens with one attached hydrogen (secondary N) is 1. The highest BCUT2D eigenvalue weighted by atomic mass is 35.5. The van der Waals surface area contributed by atoms with Crippen molar-refractivity contribution in [1.29, 1.82) is 0 Å². The van der Waals surface area contributed by atoms with Gasteiger partial charge in [0.1, 0.15) is 5.60 Å². The van der Waals surface area contributed by atoms with Crippen LogP contribution in [0.5, 0.6) is 0 Å². The van der Waals surface area contributed by atoms with E-state index in [1.165, 1.54) is 0 Å². The minimum atomic E-state index is -1.05. The van der Waals surface area contributed by atoms with E-state index < -0.39 is 5.60 Å². The number of β-amino-alcohol motifs (C(OH)–C–C–N with tert-alkyl or cyclic N) is 1. The molecular weight excluding hydrogens is 250 g/mol. The van der Waals surface area contributed by atoms with E-state index in [0.717, 1.165) is 0 Å². The van der Waals surface area contributed by atoms with Gasteiger partial charge in [0, 0.05) is 18.1 Å². The lowest BCUT2D eigenvalue weighted by molar-refractivity contribution is 0.0400. The molecule has 0 bridgehead atoms. The molecule has 0 saturated carbocycles. The van der Waals surface area contributed by atoms with E-state index in [2.05, 4.69) is 31.2 Å². The zero-order chi connectivity index (χ0) is 14.1. The van der Waals surface area contributed by atoms with E-state index in [0.29, 0.717) is 17.3 Å². The molecule has 18 heavy (non-hydrogen) atoms. The van der Waals surface area contributed by atoms with Gasteiger partial charge in [-0.1, -0.05) is 11.6 Å². The summed E-state index contributed by atoms with van der Waals surface area (Å²) in [6, 6.07) is 0.161. The van der Waals surface area contributed by atoms with Crippen LogP contribution in [-0.2, 0) is 5.60 Å². The van der Waals surface area contributed by atoms with Gasteiger partial charge in [-0.05, 0) is 41.5 Å². The molecule has 0 saturated heterocycles. The van der Waals surface area contributed by atoms with Crippen LogP contribution in [0.3, 0.4) is 0 Å². The Hall–Kier alpha value is -0.580. The molecule has 1 atom stereocenters. The zero-order valence-corrected chi connectivity index (χ0v) is 12.8. The van der Waals surface area contributed by atoms with E-state index >= 15 is 0 Å². The molecule has 5 heteroatoms. The number of hydrogen-bond donors (Lipinski definition) is 2. The first-order chi connectivity index (χ1) is 8.04. The third-order valence-electron chi connectivity index (χ3n) is 2.71. The van der Waals surface area contributed by atoms with Gasteiger partial charge in [0.2, 0.25) is 0 Å². The molecule has 0 spiro atoms. The zero-order valence-electron chi connectivity index (χ0n) is 12.1. The van der Waals surface area contributed by atoms with Gasteiger partial charge in [0.05, 0.1) is 16.9 Å². The van der Waals surface area contributed by atoms with Crippen molar-refractivity contribution in [3.8, 4) is 0 Å². The smallest absolute Gasteiger partial charge is 0.117 e. The lowest BCUT2D eigenvalue weighted by atomic mass is 9.99. The molecule has 0 aromatic carbocycles. The summed E-state index contributed by atoms with van der Waals surface area (Å²) >= 11 is 6.15.